The Labute approximate surface area is 168 Å². The summed E-state index contributed by atoms with van der Waals surface area (Å²) < 4.78 is 10.1. The van der Waals surface area contributed by atoms with Gasteiger partial charge >= 0.3 is 12.1 Å². The number of hydrogen-bond acceptors (Lipinski definition) is 7. The fourth-order valence-corrected chi connectivity index (χ4v) is 2.14. The zero-order chi connectivity index (χ0) is 22.0. The fourth-order valence-electron chi connectivity index (χ4n) is 2.14. The molecule has 0 aliphatic carbocycles. The highest BCUT2D eigenvalue weighted by molar-refractivity contribution is 5.92. The van der Waals surface area contributed by atoms with E-state index in [-0.39, 0.29) is 6.61 Å². The predicted molar refractivity (Wildman–Crippen MR) is 102 cm³/mol. The van der Waals surface area contributed by atoms with Crippen molar-refractivity contribution in [2.45, 2.75) is 51.5 Å². The molecule has 0 radical (unpaired) electrons. The maximum absolute atomic E-state index is 12.3. The van der Waals surface area contributed by atoms with E-state index < -0.39 is 54.6 Å². The number of nitrogens with two attached hydrogens (primary N) is 1. The van der Waals surface area contributed by atoms with Crippen molar-refractivity contribution in [2.75, 3.05) is 6.61 Å². The maximum atomic E-state index is 12.3. The van der Waals surface area contributed by atoms with Crippen LogP contribution in [0.5, 0.6) is 0 Å². The average molecular weight is 409 g/mol. The monoisotopic (exact) mass is 409 g/mol. The Morgan fingerprint density at radius 2 is 1.69 bits per heavy atom. The third kappa shape index (κ3) is 9.56. The predicted octanol–water partition coefficient (Wildman–Crippen LogP) is -0.0244. The van der Waals surface area contributed by atoms with Crippen molar-refractivity contribution in [2.24, 2.45) is 5.73 Å². The van der Waals surface area contributed by atoms with Crippen LogP contribution in [0.3, 0.4) is 0 Å². The molecule has 0 saturated carbocycles. The van der Waals surface area contributed by atoms with Gasteiger partial charge in [0.05, 0.1) is 13.0 Å². The second-order valence-corrected chi connectivity index (χ2v) is 7.21. The van der Waals surface area contributed by atoms with Gasteiger partial charge in [0.2, 0.25) is 11.8 Å². The standard InChI is InChI=1S/C19H27N3O7/c1-19(2,3)29-17(26)13(9-15(20)24)21-16(25)14(10-23)22-18(27)28-11-12-7-5-4-6-8-12/h4-8,13-14,23H,9-11H2,1-3H3,(H2,20,24)(H,21,25)(H,22,27)/t13-,14-/m0/s1. The lowest BCUT2D eigenvalue weighted by atomic mass is 10.1. The van der Waals surface area contributed by atoms with Gasteiger partial charge in [0.1, 0.15) is 24.3 Å². The normalized spacial score (nSPS) is 13.0. The Morgan fingerprint density at radius 1 is 1.07 bits per heavy atom. The number of nitrogens with one attached hydrogen (secondary N) is 2. The van der Waals surface area contributed by atoms with Gasteiger partial charge in [-0.25, -0.2) is 9.59 Å². The van der Waals surface area contributed by atoms with Gasteiger partial charge in [-0.15, -0.1) is 0 Å². The molecule has 1 aromatic rings. The SMILES string of the molecule is CC(C)(C)OC(=O)[C@H](CC(N)=O)NC(=O)[C@H](CO)NC(=O)OCc1ccccc1. The summed E-state index contributed by atoms with van der Waals surface area (Å²) in [5.41, 5.74) is 5.00. The minimum Gasteiger partial charge on any atom is -0.458 e. The molecule has 0 spiro atoms. The van der Waals surface area contributed by atoms with Crippen molar-refractivity contribution in [1.82, 2.24) is 10.6 Å². The lowest BCUT2D eigenvalue weighted by molar-refractivity contribution is -0.159. The van der Waals surface area contributed by atoms with Crippen LogP contribution in [0.1, 0.15) is 32.8 Å². The fraction of sp³-hybridized carbons (Fsp3) is 0.474. The molecule has 29 heavy (non-hydrogen) atoms. The zero-order valence-corrected chi connectivity index (χ0v) is 16.6. The average Bonchev–Trinajstić information content (AvgIpc) is 2.62. The Bertz CT molecular complexity index is 716. The van der Waals surface area contributed by atoms with Crippen LogP contribution >= 0.6 is 0 Å². The summed E-state index contributed by atoms with van der Waals surface area (Å²) in [5, 5.41) is 13.9. The van der Waals surface area contributed by atoms with Crippen LogP contribution in [0.2, 0.25) is 0 Å². The highest BCUT2D eigenvalue weighted by Gasteiger charge is 2.31. The maximum Gasteiger partial charge on any atom is 0.408 e. The second kappa shape index (κ2) is 11.0. The number of hydrogen-bond donors (Lipinski definition) is 4. The molecule has 3 amide bonds. The molecule has 0 saturated heterocycles. The number of carbonyl (C=O) groups excluding carboxylic acids is 4. The molecule has 1 aromatic carbocycles. The Kier molecular flexibility index (Phi) is 9.07. The lowest BCUT2D eigenvalue weighted by Crippen LogP contribution is -2.54. The van der Waals surface area contributed by atoms with Gasteiger partial charge in [0.25, 0.3) is 0 Å². The molecule has 10 nitrogen and oxygen atoms in total. The first-order valence-corrected chi connectivity index (χ1v) is 8.91. The van der Waals surface area contributed by atoms with Crippen LogP contribution in [0.15, 0.2) is 30.3 Å². The third-order valence-electron chi connectivity index (χ3n) is 3.42. The van der Waals surface area contributed by atoms with E-state index in [0.29, 0.717) is 0 Å². The summed E-state index contributed by atoms with van der Waals surface area (Å²) in [7, 11) is 0. The largest absolute Gasteiger partial charge is 0.458 e. The summed E-state index contributed by atoms with van der Waals surface area (Å²) in [6.07, 6.45) is -1.44. The number of alkyl carbamates (subject to hydrolysis) is 1. The van der Waals surface area contributed by atoms with E-state index >= 15 is 0 Å². The first kappa shape index (κ1) is 23.9. The van der Waals surface area contributed by atoms with Crippen LogP contribution in [0, 0.1) is 0 Å². The molecular weight excluding hydrogens is 382 g/mol. The van der Waals surface area contributed by atoms with Crippen LogP contribution in [-0.2, 0) is 30.5 Å². The number of amides is 3. The summed E-state index contributed by atoms with van der Waals surface area (Å²) in [5.74, 6) is -2.61. The van der Waals surface area contributed by atoms with E-state index in [1.54, 1.807) is 45.0 Å². The minimum absolute atomic E-state index is 0.0331. The minimum atomic E-state index is -1.41. The Morgan fingerprint density at radius 3 is 2.21 bits per heavy atom. The van der Waals surface area contributed by atoms with E-state index in [0.717, 1.165) is 5.56 Å². The van der Waals surface area contributed by atoms with Gasteiger partial charge in [0.15, 0.2) is 0 Å². The molecule has 0 unspecified atom stereocenters. The van der Waals surface area contributed by atoms with Crippen LogP contribution < -0.4 is 16.4 Å². The second-order valence-electron chi connectivity index (χ2n) is 7.21. The highest BCUT2D eigenvalue weighted by Crippen LogP contribution is 2.10. The van der Waals surface area contributed by atoms with Crippen molar-refractivity contribution in [1.29, 1.82) is 0 Å². The third-order valence-corrected chi connectivity index (χ3v) is 3.42. The first-order chi connectivity index (χ1) is 13.5. The molecule has 1 rings (SSSR count). The molecule has 0 aromatic heterocycles. The summed E-state index contributed by atoms with van der Waals surface area (Å²) in [6, 6.07) is 6.08. The molecule has 0 aliphatic rings. The number of benzene rings is 1. The zero-order valence-electron chi connectivity index (χ0n) is 16.6. The van der Waals surface area contributed by atoms with Gasteiger partial charge in [-0.1, -0.05) is 30.3 Å². The van der Waals surface area contributed by atoms with E-state index in [2.05, 4.69) is 10.6 Å². The van der Waals surface area contributed by atoms with Crippen molar-refractivity contribution in [3.63, 3.8) is 0 Å². The number of carbonyl (C=O) groups is 4. The number of esters is 1. The summed E-state index contributed by atoms with van der Waals surface area (Å²) >= 11 is 0. The van der Waals surface area contributed by atoms with E-state index in [9.17, 15) is 24.3 Å². The number of primary amides is 1. The van der Waals surface area contributed by atoms with Crippen molar-refractivity contribution in [3.8, 4) is 0 Å². The van der Waals surface area contributed by atoms with Crippen molar-refractivity contribution >= 4 is 23.9 Å². The molecule has 0 aliphatic heterocycles. The smallest absolute Gasteiger partial charge is 0.408 e. The number of aliphatic hydroxyl groups excluding tert-OH is 1. The number of aliphatic hydroxyl groups is 1. The molecule has 0 fully saturated rings. The molecule has 160 valence electrons. The first-order valence-electron chi connectivity index (χ1n) is 8.91. The molecule has 0 heterocycles. The Hall–Kier alpha value is -3.14. The van der Waals surface area contributed by atoms with E-state index in [4.69, 9.17) is 15.2 Å². The molecule has 5 N–H and O–H groups in total. The van der Waals surface area contributed by atoms with Gasteiger partial charge in [-0.05, 0) is 26.3 Å². The number of rotatable bonds is 9. The van der Waals surface area contributed by atoms with E-state index in [1.807, 2.05) is 6.07 Å². The van der Waals surface area contributed by atoms with Crippen molar-refractivity contribution < 1.29 is 33.8 Å². The van der Waals surface area contributed by atoms with Gasteiger partial charge < -0.3 is 30.9 Å². The Balaban J connectivity index is 2.68. The number of ether oxygens (including phenoxy) is 2. The summed E-state index contributed by atoms with van der Waals surface area (Å²) in [6.45, 7) is 4.07. The topological polar surface area (TPSA) is 157 Å². The van der Waals surface area contributed by atoms with Gasteiger partial charge in [-0.2, -0.15) is 0 Å². The quantitative estimate of drug-likeness (QED) is 0.417. The highest BCUT2D eigenvalue weighted by atomic mass is 16.6. The van der Waals surface area contributed by atoms with Crippen LogP contribution in [0.25, 0.3) is 0 Å². The van der Waals surface area contributed by atoms with Crippen LogP contribution in [0.4, 0.5) is 4.79 Å². The molecule has 10 heteroatoms. The van der Waals surface area contributed by atoms with Gasteiger partial charge in [0, 0.05) is 0 Å². The van der Waals surface area contributed by atoms with Gasteiger partial charge in [-0.3, -0.25) is 9.59 Å². The molecule has 2 atom stereocenters. The molecular formula is C19H27N3O7. The lowest BCUT2D eigenvalue weighted by Gasteiger charge is -2.25. The summed E-state index contributed by atoms with van der Waals surface area (Å²) in [4.78, 5) is 47.7. The van der Waals surface area contributed by atoms with Crippen molar-refractivity contribution in [3.05, 3.63) is 35.9 Å². The van der Waals surface area contributed by atoms with Crippen LogP contribution in [-0.4, -0.2) is 53.3 Å². The van der Waals surface area contributed by atoms with E-state index in [1.165, 1.54) is 0 Å². The molecule has 0 bridgehead atoms.